The number of nitrogens with zero attached hydrogens (tertiary/aromatic N) is 1. The molecule has 6 nitrogen and oxygen atoms in total. The molecule has 0 radical (unpaired) electrons. The quantitative estimate of drug-likeness (QED) is 0.729. The van der Waals surface area contributed by atoms with Gasteiger partial charge in [-0.15, -0.1) is 0 Å². The van der Waals surface area contributed by atoms with E-state index >= 15 is 0 Å². The van der Waals surface area contributed by atoms with Gasteiger partial charge in [-0.2, -0.15) is 0 Å². The van der Waals surface area contributed by atoms with E-state index in [1.54, 1.807) is 37.3 Å². The number of nitrogens with one attached hydrogen (secondary N) is 1. The fourth-order valence-corrected chi connectivity index (χ4v) is 3.37. The molecule has 0 atom stereocenters. The van der Waals surface area contributed by atoms with Crippen LogP contribution in [0.4, 0.5) is 11.4 Å². The number of rotatable bonds is 5. The third kappa shape index (κ3) is 4.67. The van der Waals surface area contributed by atoms with Crippen molar-refractivity contribution in [3.63, 3.8) is 0 Å². The lowest BCUT2D eigenvalue weighted by Gasteiger charge is -2.30. The summed E-state index contributed by atoms with van der Waals surface area (Å²) in [6, 6.07) is 12.5. The second kappa shape index (κ2) is 9.01. The fraction of sp³-hybridized carbons (Fsp3) is 0.300. The molecule has 0 aliphatic carbocycles. The van der Waals surface area contributed by atoms with E-state index in [0.29, 0.717) is 47.6 Å². The molecule has 3 rings (SSSR count). The van der Waals surface area contributed by atoms with Gasteiger partial charge in [-0.1, -0.05) is 12.1 Å². The molecule has 1 heterocycles. The number of morpholine rings is 1. The van der Waals surface area contributed by atoms with E-state index in [4.69, 9.17) is 9.47 Å². The molecule has 1 amide bonds. The molecular weight excluding hydrogens is 412 g/mol. The standard InChI is InChI=1S/C20H21BrN2O4/c1-2-27-20(25)16-13-14(7-8-18(16)23-9-11-26-12-10-23)22-19(24)15-5-3-4-6-17(15)21/h3-8,13H,2,9-12H2,1H3,(H,22,24). The minimum absolute atomic E-state index is 0.253. The molecule has 0 saturated carbocycles. The number of halogens is 1. The largest absolute Gasteiger partial charge is 0.462 e. The van der Waals surface area contributed by atoms with Crippen LogP contribution in [-0.2, 0) is 9.47 Å². The topological polar surface area (TPSA) is 67.9 Å². The van der Waals surface area contributed by atoms with Crippen LogP contribution in [0.2, 0.25) is 0 Å². The number of carbonyl (C=O) groups is 2. The van der Waals surface area contributed by atoms with Crippen LogP contribution in [0.1, 0.15) is 27.6 Å². The molecule has 7 heteroatoms. The lowest BCUT2D eigenvalue weighted by atomic mass is 10.1. The van der Waals surface area contributed by atoms with Crippen molar-refractivity contribution in [2.75, 3.05) is 43.1 Å². The zero-order valence-corrected chi connectivity index (χ0v) is 16.6. The molecule has 0 aromatic heterocycles. The van der Waals surface area contributed by atoms with Crippen LogP contribution in [0.25, 0.3) is 0 Å². The van der Waals surface area contributed by atoms with Crippen LogP contribution in [0, 0.1) is 0 Å². The number of ether oxygens (including phenoxy) is 2. The van der Waals surface area contributed by atoms with Crippen LogP contribution in [0.5, 0.6) is 0 Å². The lowest BCUT2D eigenvalue weighted by Crippen LogP contribution is -2.37. The van der Waals surface area contributed by atoms with Crippen LogP contribution >= 0.6 is 15.9 Å². The van der Waals surface area contributed by atoms with Gasteiger partial charge in [0.1, 0.15) is 0 Å². The van der Waals surface area contributed by atoms with E-state index in [2.05, 4.69) is 26.1 Å². The predicted molar refractivity (Wildman–Crippen MR) is 108 cm³/mol. The Labute approximate surface area is 166 Å². The summed E-state index contributed by atoms with van der Waals surface area (Å²) < 4.78 is 11.3. The molecule has 1 saturated heterocycles. The highest BCUT2D eigenvalue weighted by Crippen LogP contribution is 2.27. The summed E-state index contributed by atoms with van der Waals surface area (Å²) in [5.74, 6) is -0.660. The summed E-state index contributed by atoms with van der Waals surface area (Å²) in [6.45, 7) is 4.69. The minimum Gasteiger partial charge on any atom is -0.462 e. The summed E-state index contributed by atoms with van der Waals surface area (Å²) in [7, 11) is 0. The maximum atomic E-state index is 12.5. The maximum absolute atomic E-state index is 12.5. The summed E-state index contributed by atoms with van der Waals surface area (Å²) in [6.07, 6.45) is 0. The number of anilines is 2. The van der Waals surface area contributed by atoms with E-state index in [-0.39, 0.29) is 12.5 Å². The highest BCUT2D eigenvalue weighted by atomic mass is 79.9. The first-order chi connectivity index (χ1) is 13.1. The van der Waals surface area contributed by atoms with Crippen LogP contribution in [-0.4, -0.2) is 44.8 Å². The summed E-state index contributed by atoms with van der Waals surface area (Å²) in [4.78, 5) is 27.1. The van der Waals surface area contributed by atoms with Crippen molar-refractivity contribution >= 4 is 39.2 Å². The van der Waals surface area contributed by atoms with Crippen molar-refractivity contribution in [3.8, 4) is 0 Å². The van der Waals surface area contributed by atoms with Crippen molar-refractivity contribution in [2.45, 2.75) is 6.92 Å². The molecule has 142 valence electrons. The Kier molecular flexibility index (Phi) is 6.47. The summed E-state index contributed by atoms with van der Waals surface area (Å²) >= 11 is 3.38. The van der Waals surface area contributed by atoms with E-state index < -0.39 is 5.97 Å². The van der Waals surface area contributed by atoms with Crippen LogP contribution in [0.15, 0.2) is 46.9 Å². The maximum Gasteiger partial charge on any atom is 0.340 e. The smallest absolute Gasteiger partial charge is 0.340 e. The Bertz CT molecular complexity index is 834. The number of esters is 1. The number of hydrogen-bond donors (Lipinski definition) is 1. The molecule has 0 unspecified atom stereocenters. The Morgan fingerprint density at radius 3 is 2.59 bits per heavy atom. The van der Waals surface area contributed by atoms with Gasteiger partial charge in [0.15, 0.2) is 0 Å². The van der Waals surface area contributed by atoms with E-state index in [1.807, 2.05) is 12.1 Å². The van der Waals surface area contributed by atoms with Gasteiger partial charge < -0.3 is 19.7 Å². The highest BCUT2D eigenvalue weighted by molar-refractivity contribution is 9.10. The van der Waals surface area contributed by atoms with Gasteiger partial charge in [-0.25, -0.2) is 4.79 Å². The average Bonchev–Trinajstić information content (AvgIpc) is 2.69. The van der Waals surface area contributed by atoms with Gasteiger partial charge in [0, 0.05) is 23.2 Å². The molecule has 0 bridgehead atoms. The third-order valence-electron chi connectivity index (χ3n) is 4.22. The fourth-order valence-electron chi connectivity index (χ4n) is 2.91. The molecular formula is C20H21BrN2O4. The van der Waals surface area contributed by atoms with Crippen molar-refractivity contribution < 1.29 is 19.1 Å². The van der Waals surface area contributed by atoms with Crippen molar-refractivity contribution in [2.24, 2.45) is 0 Å². The SMILES string of the molecule is CCOC(=O)c1cc(NC(=O)c2ccccc2Br)ccc1N1CCOCC1. The van der Waals surface area contributed by atoms with Gasteiger partial charge in [-0.3, -0.25) is 4.79 Å². The van der Waals surface area contributed by atoms with E-state index in [9.17, 15) is 9.59 Å². The van der Waals surface area contributed by atoms with Gasteiger partial charge >= 0.3 is 5.97 Å². The molecule has 2 aromatic rings. The normalized spacial score (nSPS) is 13.9. The lowest BCUT2D eigenvalue weighted by molar-refractivity contribution is 0.0526. The average molecular weight is 433 g/mol. The molecule has 2 aromatic carbocycles. The first-order valence-electron chi connectivity index (χ1n) is 8.80. The van der Waals surface area contributed by atoms with E-state index in [1.165, 1.54) is 0 Å². The number of benzene rings is 2. The first-order valence-corrected chi connectivity index (χ1v) is 9.59. The van der Waals surface area contributed by atoms with E-state index in [0.717, 1.165) is 5.69 Å². The third-order valence-corrected chi connectivity index (χ3v) is 4.91. The van der Waals surface area contributed by atoms with Crippen molar-refractivity contribution in [1.29, 1.82) is 0 Å². The predicted octanol–water partition coefficient (Wildman–Crippen LogP) is 3.71. The molecule has 27 heavy (non-hydrogen) atoms. The highest BCUT2D eigenvalue weighted by Gasteiger charge is 2.21. The van der Waals surface area contributed by atoms with Crippen LogP contribution < -0.4 is 10.2 Å². The molecule has 1 aliphatic heterocycles. The second-order valence-electron chi connectivity index (χ2n) is 5.99. The zero-order chi connectivity index (χ0) is 19.2. The summed E-state index contributed by atoms with van der Waals surface area (Å²) in [5, 5.41) is 2.85. The Morgan fingerprint density at radius 2 is 1.89 bits per heavy atom. The molecule has 1 aliphatic rings. The second-order valence-corrected chi connectivity index (χ2v) is 6.84. The summed E-state index contributed by atoms with van der Waals surface area (Å²) in [5.41, 5.74) is 2.28. The van der Waals surface area contributed by atoms with Gasteiger partial charge in [0.2, 0.25) is 0 Å². The first kappa shape index (κ1) is 19.4. The van der Waals surface area contributed by atoms with Crippen molar-refractivity contribution in [1.82, 2.24) is 0 Å². The molecule has 1 N–H and O–H groups in total. The van der Waals surface area contributed by atoms with Gasteiger partial charge in [0.25, 0.3) is 5.91 Å². The Morgan fingerprint density at radius 1 is 1.15 bits per heavy atom. The number of amides is 1. The molecule has 0 spiro atoms. The Balaban J connectivity index is 1.88. The number of carbonyl (C=O) groups excluding carboxylic acids is 2. The van der Waals surface area contributed by atoms with Crippen molar-refractivity contribution in [3.05, 3.63) is 58.1 Å². The monoisotopic (exact) mass is 432 g/mol. The van der Waals surface area contributed by atoms with Gasteiger partial charge in [0.05, 0.1) is 36.6 Å². The van der Waals surface area contributed by atoms with Gasteiger partial charge in [-0.05, 0) is 53.2 Å². The molecule has 1 fully saturated rings. The Hall–Kier alpha value is -2.38. The number of hydrogen-bond acceptors (Lipinski definition) is 5. The minimum atomic E-state index is -0.406. The zero-order valence-electron chi connectivity index (χ0n) is 15.0. The van der Waals surface area contributed by atoms with Crippen LogP contribution in [0.3, 0.4) is 0 Å².